The lowest BCUT2D eigenvalue weighted by atomic mass is 10.1. The van der Waals surface area contributed by atoms with E-state index in [0.717, 1.165) is 26.0 Å². The molecule has 0 radical (unpaired) electrons. The fourth-order valence-electron chi connectivity index (χ4n) is 2.03. The van der Waals surface area contributed by atoms with Gasteiger partial charge >= 0.3 is 0 Å². The van der Waals surface area contributed by atoms with Gasteiger partial charge in [0.05, 0.1) is 16.1 Å². The maximum absolute atomic E-state index is 6.06. The van der Waals surface area contributed by atoms with Gasteiger partial charge in [-0.15, -0.1) is 0 Å². The summed E-state index contributed by atoms with van der Waals surface area (Å²) in [6, 6.07) is 11.9. The molecule has 1 atom stereocenters. The highest BCUT2D eigenvalue weighted by molar-refractivity contribution is 9.11. The first-order chi connectivity index (χ1) is 10.0. The van der Waals surface area contributed by atoms with Gasteiger partial charge in [0.2, 0.25) is 0 Å². The zero-order valence-corrected chi connectivity index (χ0v) is 15.1. The molecule has 112 valence electrons. The molecule has 0 saturated heterocycles. The lowest BCUT2D eigenvalue weighted by molar-refractivity contribution is 0.212. The zero-order valence-electron chi connectivity index (χ0n) is 11.9. The van der Waals surface area contributed by atoms with Gasteiger partial charge in [0.25, 0.3) is 0 Å². The molecule has 3 nitrogen and oxygen atoms in total. The van der Waals surface area contributed by atoms with Crippen LogP contribution in [0.1, 0.15) is 17.2 Å². The van der Waals surface area contributed by atoms with Crippen LogP contribution in [-0.4, -0.2) is 13.7 Å². The van der Waals surface area contributed by atoms with E-state index in [1.165, 1.54) is 5.56 Å². The van der Waals surface area contributed by atoms with Crippen molar-refractivity contribution < 1.29 is 9.47 Å². The van der Waals surface area contributed by atoms with Crippen LogP contribution in [0.4, 0.5) is 0 Å². The average Bonchev–Trinajstić information content (AvgIpc) is 2.47. The van der Waals surface area contributed by atoms with E-state index in [2.05, 4.69) is 50.9 Å². The van der Waals surface area contributed by atoms with E-state index in [-0.39, 0.29) is 6.10 Å². The van der Waals surface area contributed by atoms with Gasteiger partial charge in [0.15, 0.2) is 0 Å². The summed E-state index contributed by atoms with van der Waals surface area (Å²) in [5.74, 6) is 1.47. The Labute approximate surface area is 141 Å². The Hall–Kier alpha value is -1.04. The minimum Gasteiger partial charge on any atom is -0.496 e. The molecule has 0 saturated carbocycles. The maximum Gasteiger partial charge on any atom is 0.136 e. The van der Waals surface area contributed by atoms with E-state index < -0.39 is 0 Å². The molecule has 0 fully saturated rings. The highest BCUT2D eigenvalue weighted by Crippen LogP contribution is 2.37. The highest BCUT2D eigenvalue weighted by Gasteiger charge is 2.15. The SMILES string of the molecule is COc1cc(Br)c(OC(CN)c2cccc(C)c2)cc1Br. The molecular formula is C16H17Br2NO2. The van der Waals surface area contributed by atoms with Crippen molar-refractivity contribution in [3.05, 3.63) is 56.5 Å². The molecule has 0 aliphatic carbocycles. The second-order valence-corrected chi connectivity index (χ2v) is 6.38. The predicted octanol–water partition coefficient (Wildman–Crippen LogP) is 4.61. The lowest BCUT2D eigenvalue weighted by Gasteiger charge is -2.20. The van der Waals surface area contributed by atoms with E-state index >= 15 is 0 Å². The molecule has 0 aromatic heterocycles. The summed E-state index contributed by atoms with van der Waals surface area (Å²) in [5, 5.41) is 0. The molecular weight excluding hydrogens is 398 g/mol. The Kier molecular flexibility index (Phi) is 5.67. The first kappa shape index (κ1) is 16.3. The molecule has 0 bridgehead atoms. The van der Waals surface area contributed by atoms with Crippen molar-refractivity contribution >= 4 is 31.9 Å². The van der Waals surface area contributed by atoms with Gasteiger partial charge in [-0.2, -0.15) is 0 Å². The van der Waals surface area contributed by atoms with E-state index in [1.54, 1.807) is 7.11 Å². The average molecular weight is 415 g/mol. The molecule has 0 spiro atoms. The summed E-state index contributed by atoms with van der Waals surface area (Å²) >= 11 is 6.96. The monoisotopic (exact) mass is 413 g/mol. The molecule has 2 rings (SSSR count). The first-order valence-corrected chi connectivity index (χ1v) is 8.10. The van der Waals surface area contributed by atoms with Crippen molar-refractivity contribution in [1.29, 1.82) is 0 Å². The van der Waals surface area contributed by atoms with E-state index in [0.29, 0.717) is 6.54 Å². The van der Waals surface area contributed by atoms with Gasteiger partial charge in [0.1, 0.15) is 17.6 Å². The Morgan fingerprint density at radius 3 is 2.38 bits per heavy atom. The maximum atomic E-state index is 6.06. The van der Waals surface area contributed by atoms with Crippen molar-refractivity contribution in [1.82, 2.24) is 0 Å². The zero-order chi connectivity index (χ0) is 15.4. The Balaban J connectivity index is 2.29. The summed E-state index contributed by atoms with van der Waals surface area (Å²) < 4.78 is 13.0. The van der Waals surface area contributed by atoms with Crippen LogP contribution < -0.4 is 15.2 Å². The molecule has 5 heteroatoms. The Morgan fingerprint density at radius 2 is 1.76 bits per heavy atom. The molecule has 0 aliphatic heterocycles. The highest BCUT2D eigenvalue weighted by atomic mass is 79.9. The van der Waals surface area contributed by atoms with Gasteiger partial charge in [-0.25, -0.2) is 0 Å². The van der Waals surface area contributed by atoms with Crippen molar-refractivity contribution in [2.45, 2.75) is 13.0 Å². The largest absolute Gasteiger partial charge is 0.496 e. The first-order valence-electron chi connectivity index (χ1n) is 6.51. The molecule has 1 unspecified atom stereocenters. The lowest BCUT2D eigenvalue weighted by Crippen LogP contribution is -2.18. The van der Waals surface area contributed by atoms with Crippen LogP contribution in [0.3, 0.4) is 0 Å². The normalized spacial score (nSPS) is 12.0. The van der Waals surface area contributed by atoms with Crippen molar-refractivity contribution in [3.8, 4) is 11.5 Å². The van der Waals surface area contributed by atoms with Crippen LogP contribution in [0.15, 0.2) is 45.3 Å². The number of rotatable bonds is 5. The molecule has 21 heavy (non-hydrogen) atoms. The smallest absolute Gasteiger partial charge is 0.136 e. The van der Waals surface area contributed by atoms with Crippen LogP contribution in [0.25, 0.3) is 0 Å². The van der Waals surface area contributed by atoms with Gasteiger partial charge < -0.3 is 15.2 Å². The summed E-state index contributed by atoms with van der Waals surface area (Å²) in [5.41, 5.74) is 8.12. The van der Waals surface area contributed by atoms with Crippen LogP contribution in [0, 0.1) is 6.92 Å². The van der Waals surface area contributed by atoms with Gasteiger partial charge in [-0.05, 0) is 56.5 Å². The number of methoxy groups -OCH3 is 1. The van der Waals surface area contributed by atoms with E-state index in [1.807, 2.05) is 24.3 Å². The summed E-state index contributed by atoms with van der Waals surface area (Å²) in [6.45, 7) is 2.45. The molecule has 0 heterocycles. The second kappa shape index (κ2) is 7.29. The molecule has 0 aliphatic rings. The van der Waals surface area contributed by atoms with E-state index in [9.17, 15) is 0 Å². The second-order valence-electron chi connectivity index (χ2n) is 4.67. The standard InChI is InChI=1S/C16H17Br2NO2/c1-10-4-3-5-11(6-10)16(9-19)21-15-8-12(17)14(20-2)7-13(15)18/h3-8,16H,9,19H2,1-2H3. The number of hydrogen-bond donors (Lipinski definition) is 1. The fourth-order valence-corrected chi connectivity index (χ4v) is 2.93. The van der Waals surface area contributed by atoms with Crippen LogP contribution in [0.2, 0.25) is 0 Å². The van der Waals surface area contributed by atoms with Gasteiger partial charge in [-0.1, -0.05) is 29.8 Å². The Bertz CT molecular complexity index is 632. The molecule has 2 aromatic carbocycles. The summed E-state index contributed by atoms with van der Waals surface area (Å²) in [6.07, 6.45) is -0.193. The van der Waals surface area contributed by atoms with Gasteiger partial charge in [-0.3, -0.25) is 0 Å². The molecule has 0 amide bonds. The van der Waals surface area contributed by atoms with E-state index in [4.69, 9.17) is 15.2 Å². The third-order valence-corrected chi connectivity index (χ3v) is 4.34. The summed E-state index contributed by atoms with van der Waals surface area (Å²) in [7, 11) is 1.63. The van der Waals surface area contributed by atoms with Crippen molar-refractivity contribution in [2.75, 3.05) is 13.7 Å². The van der Waals surface area contributed by atoms with Crippen LogP contribution >= 0.6 is 31.9 Å². The number of benzene rings is 2. The van der Waals surface area contributed by atoms with Crippen molar-refractivity contribution in [3.63, 3.8) is 0 Å². The van der Waals surface area contributed by atoms with Crippen LogP contribution in [-0.2, 0) is 0 Å². The third kappa shape index (κ3) is 3.99. The number of aryl methyl sites for hydroxylation is 1. The molecule has 2 N–H and O–H groups in total. The third-order valence-electron chi connectivity index (χ3n) is 3.10. The number of halogens is 2. The van der Waals surface area contributed by atoms with Gasteiger partial charge in [0, 0.05) is 6.54 Å². The number of ether oxygens (including phenoxy) is 2. The van der Waals surface area contributed by atoms with Crippen molar-refractivity contribution in [2.24, 2.45) is 5.73 Å². The minimum absolute atomic E-state index is 0.193. The minimum atomic E-state index is -0.193. The predicted molar refractivity (Wildman–Crippen MR) is 92.0 cm³/mol. The van der Waals surface area contributed by atoms with Crippen LogP contribution in [0.5, 0.6) is 11.5 Å². The quantitative estimate of drug-likeness (QED) is 0.776. The molecule has 2 aromatic rings. The fraction of sp³-hybridized carbons (Fsp3) is 0.250. The Morgan fingerprint density at radius 1 is 1.10 bits per heavy atom. The topological polar surface area (TPSA) is 44.5 Å². The number of hydrogen-bond acceptors (Lipinski definition) is 3. The summed E-state index contributed by atoms with van der Waals surface area (Å²) in [4.78, 5) is 0. The number of nitrogens with two attached hydrogens (primary N) is 1.